The first-order chi connectivity index (χ1) is 13.3. The van der Waals surface area contributed by atoms with Gasteiger partial charge in [-0.3, -0.25) is 14.5 Å². The average molecular weight is 398 g/mol. The molecule has 1 unspecified atom stereocenters. The topological polar surface area (TPSA) is 37.4 Å². The highest BCUT2D eigenvalue weighted by Gasteiger charge is 2.44. The van der Waals surface area contributed by atoms with Gasteiger partial charge in [-0.15, -0.1) is 0 Å². The zero-order chi connectivity index (χ0) is 20.1. The minimum atomic E-state index is -0.356. The fourth-order valence-electron chi connectivity index (χ4n) is 4.31. The molecular formula is C23H21ClFNO2. The number of carbonyl (C=O) groups excluding carboxylic acids is 2. The summed E-state index contributed by atoms with van der Waals surface area (Å²) in [6.45, 7) is 4.07. The van der Waals surface area contributed by atoms with Crippen molar-refractivity contribution in [3.8, 4) is 0 Å². The molecule has 0 aromatic heterocycles. The third kappa shape index (κ3) is 3.26. The Kier molecular flexibility index (Phi) is 4.62. The Morgan fingerprint density at radius 1 is 1.04 bits per heavy atom. The molecule has 1 aliphatic carbocycles. The Balaban J connectivity index is 1.91. The number of halogens is 2. The monoisotopic (exact) mass is 397 g/mol. The van der Waals surface area contributed by atoms with Gasteiger partial charge in [0.05, 0.1) is 10.7 Å². The van der Waals surface area contributed by atoms with Crippen molar-refractivity contribution in [2.75, 3.05) is 4.90 Å². The van der Waals surface area contributed by atoms with E-state index in [0.29, 0.717) is 29.1 Å². The van der Waals surface area contributed by atoms with Gasteiger partial charge in [0, 0.05) is 30.0 Å². The van der Waals surface area contributed by atoms with Crippen LogP contribution in [0.2, 0.25) is 5.02 Å². The molecule has 0 fully saturated rings. The largest absolute Gasteiger partial charge is 0.294 e. The second kappa shape index (κ2) is 6.85. The van der Waals surface area contributed by atoms with E-state index in [4.69, 9.17) is 11.6 Å². The molecule has 0 N–H and O–H groups in total. The molecule has 2 aromatic rings. The Morgan fingerprint density at radius 3 is 2.39 bits per heavy atom. The fourth-order valence-corrected chi connectivity index (χ4v) is 4.53. The number of hydrogen-bond acceptors (Lipinski definition) is 2. The van der Waals surface area contributed by atoms with Crippen LogP contribution in [0, 0.1) is 11.2 Å². The van der Waals surface area contributed by atoms with Gasteiger partial charge in [-0.25, -0.2) is 4.39 Å². The lowest BCUT2D eigenvalue weighted by atomic mass is 9.69. The van der Waals surface area contributed by atoms with Crippen molar-refractivity contribution in [1.82, 2.24) is 0 Å². The summed E-state index contributed by atoms with van der Waals surface area (Å²) in [7, 11) is 0. The maximum atomic E-state index is 13.4. The number of carbonyl (C=O) groups is 2. The highest BCUT2D eigenvalue weighted by atomic mass is 35.5. The van der Waals surface area contributed by atoms with Gasteiger partial charge in [0.2, 0.25) is 5.91 Å². The number of allylic oxidation sites excluding steroid dienone is 2. The molecule has 1 aliphatic heterocycles. The van der Waals surface area contributed by atoms with Crippen LogP contribution in [0.1, 0.15) is 44.6 Å². The van der Waals surface area contributed by atoms with Crippen molar-refractivity contribution < 1.29 is 14.0 Å². The van der Waals surface area contributed by atoms with E-state index < -0.39 is 0 Å². The van der Waals surface area contributed by atoms with Crippen molar-refractivity contribution in [3.63, 3.8) is 0 Å². The minimum absolute atomic E-state index is 0.0464. The molecule has 2 aromatic carbocycles. The molecule has 144 valence electrons. The van der Waals surface area contributed by atoms with E-state index in [-0.39, 0.29) is 35.3 Å². The van der Waals surface area contributed by atoms with Crippen LogP contribution < -0.4 is 4.90 Å². The number of hydrogen-bond donors (Lipinski definition) is 0. The molecule has 5 heteroatoms. The van der Waals surface area contributed by atoms with E-state index in [2.05, 4.69) is 0 Å². The molecule has 1 atom stereocenters. The molecule has 0 saturated heterocycles. The maximum absolute atomic E-state index is 13.4. The number of ketones is 1. The Hall–Kier alpha value is -2.46. The molecule has 4 rings (SSSR count). The molecule has 28 heavy (non-hydrogen) atoms. The van der Waals surface area contributed by atoms with Crippen molar-refractivity contribution in [2.45, 2.75) is 39.0 Å². The highest BCUT2D eigenvalue weighted by Crippen LogP contribution is 2.48. The third-order valence-corrected chi connectivity index (χ3v) is 5.83. The standard InChI is InChI=1S/C23H21ClFNO2/c1-23(2)12-19-22(20(27)13-23)16(14-7-9-15(25)10-8-14)11-21(28)26(19)18-6-4-3-5-17(18)24/h3-10,16H,11-13H2,1-2H3. The molecule has 2 aliphatic rings. The van der Waals surface area contributed by atoms with E-state index >= 15 is 0 Å². The van der Waals surface area contributed by atoms with Crippen molar-refractivity contribution in [1.29, 1.82) is 0 Å². The number of Topliss-reactive ketones (excluding diaryl/α,β-unsaturated/α-hetero) is 1. The van der Waals surface area contributed by atoms with E-state index in [1.165, 1.54) is 12.1 Å². The zero-order valence-electron chi connectivity index (χ0n) is 15.8. The minimum Gasteiger partial charge on any atom is -0.294 e. The fraction of sp³-hybridized carbons (Fsp3) is 0.304. The molecule has 0 spiro atoms. The average Bonchev–Trinajstić information content (AvgIpc) is 2.62. The number of anilines is 1. The third-order valence-electron chi connectivity index (χ3n) is 5.51. The van der Waals surface area contributed by atoms with Gasteiger partial charge in [-0.05, 0) is 41.7 Å². The predicted octanol–water partition coefficient (Wildman–Crippen LogP) is 5.64. The van der Waals surface area contributed by atoms with Gasteiger partial charge < -0.3 is 0 Å². The number of para-hydroxylation sites is 1. The molecule has 0 radical (unpaired) electrons. The predicted molar refractivity (Wildman–Crippen MR) is 108 cm³/mol. The number of nitrogens with zero attached hydrogens (tertiary/aromatic N) is 1. The van der Waals surface area contributed by atoms with E-state index in [1.54, 1.807) is 29.2 Å². The van der Waals surface area contributed by atoms with Gasteiger partial charge in [0.1, 0.15) is 5.82 Å². The SMILES string of the molecule is CC1(C)CC(=O)C2=C(C1)N(c1ccccc1Cl)C(=O)CC2c1ccc(F)cc1. The lowest BCUT2D eigenvalue weighted by molar-refractivity contribution is -0.121. The normalized spacial score (nSPS) is 21.7. The van der Waals surface area contributed by atoms with E-state index in [1.807, 2.05) is 26.0 Å². The van der Waals surface area contributed by atoms with Crippen molar-refractivity contribution >= 4 is 29.0 Å². The summed E-state index contributed by atoms with van der Waals surface area (Å²) in [6.07, 6.45) is 1.18. The smallest absolute Gasteiger partial charge is 0.232 e. The molecule has 0 saturated carbocycles. The number of benzene rings is 2. The highest BCUT2D eigenvalue weighted by molar-refractivity contribution is 6.34. The van der Waals surface area contributed by atoms with Gasteiger partial charge in [-0.1, -0.05) is 49.7 Å². The van der Waals surface area contributed by atoms with Crippen LogP contribution in [0.15, 0.2) is 59.8 Å². The second-order valence-corrected chi connectivity index (χ2v) is 8.70. The lowest BCUT2D eigenvalue weighted by Crippen LogP contribution is -2.43. The van der Waals surface area contributed by atoms with Crippen molar-refractivity contribution in [3.05, 3.63) is 76.2 Å². The summed E-state index contributed by atoms with van der Waals surface area (Å²) in [4.78, 5) is 28.0. The second-order valence-electron chi connectivity index (χ2n) is 8.29. The van der Waals surface area contributed by atoms with Crippen LogP contribution in [0.5, 0.6) is 0 Å². The summed E-state index contributed by atoms with van der Waals surface area (Å²) < 4.78 is 13.4. The Bertz CT molecular complexity index is 994. The van der Waals surface area contributed by atoms with Crippen LogP contribution in [0.3, 0.4) is 0 Å². The summed E-state index contributed by atoms with van der Waals surface area (Å²) in [5.74, 6) is -0.754. The van der Waals surface area contributed by atoms with E-state index in [9.17, 15) is 14.0 Å². The molecular weight excluding hydrogens is 377 g/mol. The molecule has 1 amide bonds. The lowest BCUT2D eigenvalue weighted by Gasteiger charge is -2.43. The van der Waals surface area contributed by atoms with Gasteiger partial charge >= 0.3 is 0 Å². The van der Waals surface area contributed by atoms with Crippen LogP contribution in [0.25, 0.3) is 0 Å². The van der Waals surface area contributed by atoms with Crippen molar-refractivity contribution in [2.24, 2.45) is 5.41 Å². The quantitative estimate of drug-likeness (QED) is 0.657. The van der Waals surface area contributed by atoms with Crippen LogP contribution in [-0.4, -0.2) is 11.7 Å². The summed E-state index contributed by atoms with van der Waals surface area (Å²) >= 11 is 6.39. The summed E-state index contributed by atoms with van der Waals surface area (Å²) in [5.41, 5.74) is 2.52. The molecule has 1 heterocycles. The van der Waals surface area contributed by atoms with Gasteiger partial charge in [0.25, 0.3) is 0 Å². The Labute approximate surface area is 168 Å². The molecule has 0 bridgehead atoms. The van der Waals surface area contributed by atoms with E-state index in [0.717, 1.165) is 11.3 Å². The maximum Gasteiger partial charge on any atom is 0.232 e. The number of amides is 1. The first-order valence-electron chi connectivity index (χ1n) is 9.36. The zero-order valence-corrected chi connectivity index (χ0v) is 16.6. The first-order valence-corrected chi connectivity index (χ1v) is 9.74. The molecule has 3 nitrogen and oxygen atoms in total. The summed E-state index contributed by atoms with van der Waals surface area (Å²) in [6, 6.07) is 13.3. The van der Waals surface area contributed by atoms with Crippen LogP contribution >= 0.6 is 11.6 Å². The van der Waals surface area contributed by atoms with Gasteiger partial charge in [0.15, 0.2) is 5.78 Å². The Morgan fingerprint density at radius 2 is 1.71 bits per heavy atom. The van der Waals surface area contributed by atoms with Gasteiger partial charge in [-0.2, -0.15) is 0 Å². The number of rotatable bonds is 2. The first kappa shape index (κ1) is 18.9. The summed E-state index contributed by atoms with van der Waals surface area (Å²) in [5, 5.41) is 0.471. The van der Waals surface area contributed by atoms with Crippen LogP contribution in [-0.2, 0) is 9.59 Å². The van der Waals surface area contributed by atoms with Crippen LogP contribution in [0.4, 0.5) is 10.1 Å².